The summed E-state index contributed by atoms with van der Waals surface area (Å²) in [5.74, 6) is -0.767. The average molecular weight is 313 g/mol. The monoisotopic (exact) mass is 313 g/mol. The first-order valence-corrected chi connectivity index (χ1v) is 7.37. The maximum Gasteiger partial charge on any atom is 0.274 e. The lowest BCUT2D eigenvalue weighted by atomic mass is 10.2. The number of hydrogen-bond acceptors (Lipinski definition) is 3. The number of hydrogen-bond donors (Lipinski definition) is 2. The Labute approximate surface area is 132 Å². The molecular weight excluding hydrogens is 297 g/mol. The Kier molecular flexibility index (Phi) is 4.06. The lowest BCUT2D eigenvalue weighted by molar-refractivity contribution is -0.117. The minimum absolute atomic E-state index is 0.0439. The van der Waals surface area contributed by atoms with Crippen LogP contribution >= 0.6 is 0 Å². The molecule has 0 unspecified atom stereocenters. The second kappa shape index (κ2) is 6.16. The number of amides is 2. The van der Waals surface area contributed by atoms with Gasteiger partial charge in [0.1, 0.15) is 11.5 Å². The number of benzene rings is 1. The second-order valence-electron chi connectivity index (χ2n) is 5.67. The van der Waals surface area contributed by atoms with Gasteiger partial charge in [-0.25, -0.2) is 4.39 Å². The van der Waals surface area contributed by atoms with E-state index in [2.05, 4.69) is 15.6 Å². The molecule has 0 bridgehead atoms. The third-order valence-electron chi connectivity index (χ3n) is 3.83. The van der Waals surface area contributed by atoms with Crippen LogP contribution in [0.1, 0.15) is 23.8 Å². The Bertz CT molecular complexity index is 749. The fraction of sp³-hybridized carbons (Fsp3) is 0.235. The van der Waals surface area contributed by atoms with Gasteiger partial charge in [-0.05, 0) is 42.7 Å². The molecule has 1 saturated carbocycles. The number of nitrogens with one attached hydrogen (secondary N) is 2. The minimum atomic E-state index is -0.486. The highest BCUT2D eigenvalue weighted by Gasteiger charge is 2.39. The Morgan fingerprint density at radius 2 is 1.96 bits per heavy atom. The van der Waals surface area contributed by atoms with Crippen molar-refractivity contribution in [2.24, 2.45) is 11.8 Å². The van der Waals surface area contributed by atoms with Crippen LogP contribution in [0.25, 0.3) is 0 Å². The van der Waals surface area contributed by atoms with Gasteiger partial charge in [0.2, 0.25) is 5.91 Å². The Morgan fingerprint density at radius 1 is 1.17 bits per heavy atom. The highest BCUT2D eigenvalue weighted by molar-refractivity contribution is 6.06. The second-order valence-corrected chi connectivity index (χ2v) is 5.67. The minimum Gasteiger partial charge on any atom is -0.324 e. The highest BCUT2D eigenvalue weighted by Crippen LogP contribution is 2.39. The van der Waals surface area contributed by atoms with Gasteiger partial charge in [0.05, 0.1) is 11.4 Å². The Morgan fingerprint density at radius 3 is 2.61 bits per heavy atom. The van der Waals surface area contributed by atoms with Crippen molar-refractivity contribution >= 4 is 23.2 Å². The molecule has 2 N–H and O–H groups in total. The van der Waals surface area contributed by atoms with Crippen LogP contribution in [-0.2, 0) is 4.79 Å². The molecule has 1 aromatic carbocycles. The summed E-state index contributed by atoms with van der Waals surface area (Å²) in [6, 6.07) is 8.81. The number of carbonyl (C=O) groups excluding carboxylic acids is 2. The van der Waals surface area contributed by atoms with Gasteiger partial charge >= 0.3 is 0 Å². The number of pyridine rings is 1. The molecule has 118 valence electrons. The van der Waals surface area contributed by atoms with Crippen LogP contribution in [-0.4, -0.2) is 16.8 Å². The summed E-state index contributed by atoms with van der Waals surface area (Å²) < 4.78 is 13.5. The topological polar surface area (TPSA) is 71.1 Å². The largest absolute Gasteiger partial charge is 0.324 e. The van der Waals surface area contributed by atoms with Gasteiger partial charge in [-0.2, -0.15) is 0 Å². The first-order valence-electron chi connectivity index (χ1n) is 7.37. The molecule has 2 aromatic rings. The number of carbonyl (C=O) groups is 2. The molecule has 0 spiro atoms. The van der Waals surface area contributed by atoms with Gasteiger partial charge in [-0.1, -0.05) is 13.0 Å². The third-order valence-corrected chi connectivity index (χ3v) is 3.83. The van der Waals surface area contributed by atoms with Gasteiger partial charge in [0.25, 0.3) is 5.91 Å². The maximum atomic E-state index is 13.5. The molecule has 1 aromatic heterocycles. The van der Waals surface area contributed by atoms with E-state index in [1.807, 2.05) is 6.92 Å². The molecule has 2 amide bonds. The average Bonchev–Trinajstić information content (AvgIpc) is 3.28. The van der Waals surface area contributed by atoms with Gasteiger partial charge in [-0.15, -0.1) is 0 Å². The normalized spacial score (nSPS) is 19.0. The first-order chi connectivity index (χ1) is 11.0. The molecule has 0 saturated heterocycles. The predicted molar refractivity (Wildman–Crippen MR) is 84.5 cm³/mol. The molecular formula is C17H16FN3O2. The van der Waals surface area contributed by atoms with Gasteiger partial charge in [0.15, 0.2) is 0 Å². The van der Waals surface area contributed by atoms with Crippen LogP contribution in [0.15, 0.2) is 42.6 Å². The van der Waals surface area contributed by atoms with E-state index in [1.165, 1.54) is 24.4 Å². The van der Waals surface area contributed by atoms with E-state index >= 15 is 0 Å². The molecule has 1 fully saturated rings. The smallest absolute Gasteiger partial charge is 0.274 e. The third kappa shape index (κ3) is 3.53. The Balaban J connectivity index is 1.78. The molecule has 1 heterocycles. The van der Waals surface area contributed by atoms with Crippen molar-refractivity contribution in [1.29, 1.82) is 0 Å². The first kappa shape index (κ1) is 15.1. The zero-order valence-electron chi connectivity index (χ0n) is 12.5. The van der Waals surface area contributed by atoms with Crippen LogP contribution in [0.3, 0.4) is 0 Å². The zero-order chi connectivity index (χ0) is 16.4. The van der Waals surface area contributed by atoms with E-state index < -0.39 is 11.7 Å². The van der Waals surface area contributed by atoms with Crippen molar-refractivity contribution < 1.29 is 14.0 Å². The number of halogens is 1. The molecule has 1 aliphatic carbocycles. The van der Waals surface area contributed by atoms with Crippen molar-refractivity contribution in [1.82, 2.24) is 4.98 Å². The van der Waals surface area contributed by atoms with Crippen LogP contribution in [0, 0.1) is 17.7 Å². The van der Waals surface area contributed by atoms with Crippen molar-refractivity contribution in [3.05, 3.63) is 54.1 Å². The summed E-state index contributed by atoms with van der Waals surface area (Å²) in [5.41, 5.74) is 0.826. The number of nitrogens with zero attached hydrogens (tertiary/aromatic N) is 1. The van der Waals surface area contributed by atoms with E-state index in [-0.39, 0.29) is 23.2 Å². The SMILES string of the molecule is C[C@@H]1C[C@H]1C(=O)Nc1cc(F)ccc1NC(=O)c1ccccn1. The fourth-order valence-corrected chi connectivity index (χ4v) is 2.33. The molecule has 2 atom stereocenters. The molecule has 6 heteroatoms. The summed E-state index contributed by atoms with van der Waals surface area (Å²) >= 11 is 0. The summed E-state index contributed by atoms with van der Waals surface area (Å²) in [5, 5.41) is 5.33. The van der Waals surface area contributed by atoms with Crippen molar-refractivity contribution in [3.8, 4) is 0 Å². The van der Waals surface area contributed by atoms with E-state index in [0.29, 0.717) is 11.6 Å². The molecule has 0 radical (unpaired) electrons. The number of aromatic nitrogens is 1. The molecule has 3 rings (SSSR count). The van der Waals surface area contributed by atoms with Crippen molar-refractivity contribution in [3.63, 3.8) is 0 Å². The summed E-state index contributed by atoms with van der Waals surface area (Å²) in [4.78, 5) is 28.2. The number of rotatable bonds is 4. The van der Waals surface area contributed by atoms with Gasteiger partial charge in [-0.3, -0.25) is 14.6 Å². The van der Waals surface area contributed by atoms with E-state index in [4.69, 9.17) is 0 Å². The van der Waals surface area contributed by atoms with E-state index in [9.17, 15) is 14.0 Å². The fourth-order valence-electron chi connectivity index (χ4n) is 2.33. The zero-order valence-corrected chi connectivity index (χ0v) is 12.5. The van der Waals surface area contributed by atoms with E-state index in [0.717, 1.165) is 6.42 Å². The molecule has 0 aliphatic heterocycles. The Hall–Kier alpha value is -2.76. The number of anilines is 2. The van der Waals surface area contributed by atoms with Crippen LogP contribution in [0.2, 0.25) is 0 Å². The molecule has 5 nitrogen and oxygen atoms in total. The van der Waals surface area contributed by atoms with Crippen LogP contribution in [0.4, 0.5) is 15.8 Å². The van der Waals surface area contributed by atoms with Crippen LogP contribution < -0.4 is 10.6 Å². The maximum absolute atomic E-state index is 13.5. The van der Waals surface area contributed by atoms with Gasteiger partial charge in [0, 0.05) is 12.1 Å². The lowest BCUT2D eigenvalue weighted by Crippen LogP contribution is -2.18. The standard InChI is InChI=1S/C17H16FN3O2/c1-10-8-12(10)16(22)21-15-9-11(18)5-6-13(15)20-17(23)14-4-2-3-7-19-14/h2-7,9-10,12H,8H2,1H3,(H,20,23)(H,21,22)/t10-,12-/m1/s1. The van der Waals surface area contributed by atoms with E-state index in [1.54, 1.807) is 18.2 Å². The lowest BCUT2D eigenvalue weighted by Gasteiger charge is -2.12. The molecule has 1 aliphatic rings. The van der Waals surface area contributed by atoms with Crippen LogP contribution in [0.5, 0.6) is 0 Å². The summed E-state index contributed by atoms with van der Waals surface area (Å²) in [7, 11) is 0. The van der Waals surface area contributed by atoms with Crippen molar-refractivity contribution in [2.75, 3.05) is 10.6 Å². The van der Waals surface area contributed by atoms with Gasteiger partial charge < -0.3 is 10.6 Å². The highest BCUT2D eigenvalue weighted by atomic mass is 19.1. The quantitative estimate of drug-likeness (QED) is 0.911. The summed E-state index contributed by atoms with van der Waals surface area (Å²) in [6.07, 6.45) is 2.34. The van der Waals surface area contributed by atoms with Crippen molar-refractivity contribution in [2.45, 2.75) is 13.3 Å². The summed E-state index contributed by atoms with van der Waals surface area (Å²) in [6.45, 7) is 1.99. The molecule has 23 heavy (non-hydrogen) atoms. The predicted octanol–water partition coefficient (Wildman–Crippen LogP) is 3.07.